The largest absolute Gasteiger partial charge is 0.450 e. The minimum absolute atomic E-state index is 0.0721. The van der Waals surface area contributed by atoms with Crippen molar-refractivity contribution in [2.45, 2.75) is 32.7 Å². The molecule has 1 aromatic heterocycles. The summed E-state index contributed by atoms with van der Waals surface area (Å²) in [5.74, 6) is 0.783. The molecule has 0 unspecified atom stereocenters. The predicted octanol–water partition coefficient (Wildman–Crippen LogP) is 1.57. The summed E-state index contributed by atoms with van der Waals surface area (Å²) < 4.78 is 5.04. The van der Waals surface area contributed by atoms with Crippen molar-refractivity contribution in [3.05, 3.63) is 23.9 Å². The molecular weight excluding hydrogens is 358 g/mol. The van der Waals surface area contributed by atoms with E-state index >= 15 is 0 Å². The summed E-state index contributed by atoms with van der Waals surface area (Å²) in [7, 11) is 0. The van der Waals surface area contributed by atoms with Crippen LogP contribution in [0.1, 0.15) is 37.0 Å². The summed E-state index contributed by atoms with van der Waals surface area (Å²) in [5, 5.41) is 3.10. The Hall–Kier alpha value is -2.35. The molecule has 0 aromatic carbocycles. The molecule has 3 rings (SSSR count). The zero-order chi connectivity index (χ0) is 19.9. The number of pyridine rings is 1. The average Bonchev–Trinajstić information content (AvgIpc) is 2.74. The fourth-order valence-electron chi connectivity index (χ4n) is 3.72. The highest BCUT2D eigenvalue weighted by Crippen LogP contribution is 2.17. The number of rotatable bonds is 5. The van der Waals surface area contributed by atoms with Crippen molar-refractivity contribution in [2.24, 2.45) is 0 Å². The number of carbonyl (C=O) groups excluding carboxylic acids is 2. The van der Waals surface area contributed by atoms with Crippen LogP contribution in [-0.2, 0) is 4.74 Å². The Bertz CT molecular complexity index is 668. The third kappa shape index (κ3) is 5.13. The molecule has 8 heteroatoms. The van der Waals surface area contributed by atoms with Gasteiger partial charge in [-0.25, -0.2) is 9.78 Å². The van der Waals surface area contributed by atoms with Gasteiger partial charge in [0.15, 0.2) is 0 Å². The molecule has 1 aromatic rings. The van der Waals surface area contributed by atoms with E-state index in [-0.39, 0.29) is 18.0 Å². The van der Waals surface area contributed by atoms with Gasteiger partial charge in [0.05, 0.1) is 6.61 Å². The van der Waals surface area contributed by atoms with Gasteiger partial charge in [0.2, 0.25) is 0 Å². The molecule has 2 saturated heterocycles. The van der Waals surface area contributed by atoms with Gasteiger partial charge in [-0.2, -0.15) is 0 Å². The van der Waals surface area contributed by atoms with Crippen molar-refractivity contribution in [3.63, 3.8) is 0 Å². The number of hydrogen-bond acceptors (Lipinski definition) is 6. The second-order valence-corrected chi connectivity index (χ2v) is 7.26. The molecule has 2 amide bonds. The van der Waals surface area contributed by atoms with Crippen molar-refractivity contribution >= 4 is 17.8 Å². The van der Waals surface area contributed by atoms with E-state index in [9.17, 15) is 9.59 Å². The Kier molecular flexibility index (Phi) is 7.08. The molecule has 0 radical (unpaired) electrons. The van der Waals surface area contributed by atoms with Gasteiger partial charge >= 0.3 is 6.09 Å². The summed E-state index contributed by atoms with van der Waals surface area (Å²) >= 11 is 0. The van der Waals surface area contributed by atoms with E-state index in [4.69, 9.17) is 4.74 Å². The lowest BCUT2D eigenvalue weighted by Crippen LogP contribution is -2.47. The normalized spacial score (nSPS) is 18.8. The number of nitrogens with one attached hydrogen (secondary N) is 1. The monoisotopic (exact) mass is 389 g/mol. The second kappa shape index (κ2) is 9.73. The fourth-order valence-corrected chi connectivity index (χ4v) is 3.72. The predicted molar refractivity (Wildman–Crippen MR) is 108 cm³/mol. The Morgan fingerprint density at radius 1 is 1.14 bits per heavy atom. The number of likely N-dealkylation sites (tertiary alicyclic amines) is 1. The van der Waals surface area contributed by atoms with Gasteiger partial charge < -0.3 is 24.8 Å². The van der Waals surface area contributed by atoms with Crippen LogP contribution in [0.4, 0.5) is 10.6 Å². The second-order valence-electron chi connectivity index (χ2n) is 7.26. The summed E-state index contributed by atoms with van der Waals surface area (Å²) in [6.07, 6.45) is 2.91. The number of ether oxygens (including phenoxy) is 1. The van der Waals surface area contributed by atoms with Crippen LogP contribution >= 0.6 is 0 Å². The van der Waals surface area contributed by atoms with Gasteiger partial charge in [-0.05, 0) is 38.4 Å². The molecule has 28 heavy (non-hydrogen) atoms. The third-order valence-electron chi connectivity index (χ3n) is 5.51. The van der Waals surface area contributed by atoms with E-state index in [0.717, 1.165) is 51.4 Å². The maximum absolute atomic E-state index is 12.7. The number of amides is 2. The molecular formula is C20H31N5O3. The summed E-state index contributed by atoms with van der Waals surface area (Å²) in [6.45, 7) is 10.5. The Balaban J connectivity index is 1.52. The van der Waals surface area contributed by atoms with Crippen LogP contribution < -0.4 is 10.2 Å². The van der Waals surface area contributed by atoms with Gasteiger partial charge in [0.1, 0.15) is 5.82 Å². The van der Waals surface area contributed by atoms with Crippen molar-refractivity contribution in [3.8, 4) is 0 Å². The molecule has 2 aliphatic rings. The summed E-state index contributed by atoms with van der Waals surface area (Å²) in [5.41, 5.74) is 0.635. The van der Waals surface area contributed by atoms with Crippen LogP contribution in [-0.4, -0.2) is 85.2 Å². The minimum atomic E-state index is -0.269. The molecule has 1 N–H and O–H groups in total. The van der Waals surface area contributed by atoms with Gasteiger partial charge in [-0.1, -0.05) is 6.92 Å². The van der Waals surface area contributed by atoms with Crippen LogP contribution in [0.3, 0.4) is 0 Å². The molecule has 0 bridgehead atoms. The number of aromatic nitrogens is 1. The molecule has 8 nitrogen and oxygen atoms in total. The van der Waals surface area contributed by atoms with Crippen molar-refractivity contribution in [2.75, 3.05) is 57.3 Å². The number of hydrogen-bond donors (Lipinski definition) is 1. The van der Waals surface area contributed by atoms with E-state index in [1.807, 2.05) is 6.07 Å². The highest BCUT2D eigenvalue weighted by molar-refractivity contribution is 5.95. The first-order valence-electron chi connectivity index (χ1n) is 10.3. The maximum atomic E-state index is 12.7. The number of likely N-dealkylation sites (N-methyl/N-ethyl adjacent to an activating group) is 1. The molecule has 154 valence electrons. The minimum Gasteiger partial charge on any atom is -0.450 e. The zero-order valence-corrected chi connectivity index (χ0v) is 16.9. The average molecular weight is 390 g/mol. The highest BCUT2D eigenvalue weighted by Gasteiger charge is 2.25. The van der Waals surface area contributed by atoms with E-state index in [2.05, 4.69) is 27.0 Å². The quantitative estimate of drug-likeness (QED) is 0.824. The van der Waals surface area contributed by atoms with Gasteiger partial charge in [-0.3, -0.25) is 4.79 Å². The van der Waals surface area contributed by atoms with Gasteiger partial charge in [0, 0.05) is 57.1 Å². The summed E-state index contributed by atoms with van der Waals surface area (Å²) in [6, 6.07) is 3.71. The van der Waals surface area contributed by atoms with Crippen LogP contribution in [0.5, 0.6) is 0 Å². The maximum Gasteiger partial charge on any atom is 0.409 e. The Labute approximate surface area is 166 Å². The molecule has 2 aliphatic heterocycles. The fraction of sp³-hybridized carbons (Fsp3) is 0.650. The number of carbonyl (C=O) groups is 2. The van der Waals surface area contributed by atoms with Crippen LogP contribution in [0.2, 0.25) is 0 Å². The SMILES string of the molecule is CCOC(=O)N1CCC(NC(=O)c2ccnc(N3CCN(CC)CC3)c2)CC1. The highest BCUT2D eigenvalue weighted by atomic mass is 16.6. The van der Waals surface area contributed by atoms with Gasteiger partial charge in [0.25, 0.3) is 5.91 Å². The first-order chi connectivity index (χ1) is 13.6. The van der Waals surface area contributed by atoms with E-state index in [1.165, 1.54) is 0 Å². The third-order valence-corrected chi connectivity index (χ3v) is 5.51. The first kappa shape index (κ1) is 20.4. The number of piperidine rings is 1. The van der Waals surface area contributed by atoms with Crippen LogP contribution in [0, 0.1) is 0 Å². The summed E-state index contributed by atoms with van der Waals surface area (Å²) in [4.78, 5) is 35.3. The van der Waals surface area contributed by atoms with Crippen molar-refractivity contribution < 1.29 is 14.3 Å². The molecule has 2 fully saturated rings. The molecule has 0 aliphatic carbocycles. The Morgan fingerprint density at radius 3 is 2.50 bits per heavy atom. The van der Waals surface area contributed by atoms with Crippen LogP contribution in [0.15, 0.2) is 18.3 Å². The molecule has 3 heterocycles. The topological polar surface area (TPSA) is 78.0 Å². The number of piperazine rings is 1. The standard InChI is InChI=1S/C20H31N5O3/c1-3-23-11-13-24(14-12-23)18-15-16(5-8-21-18)19(26)22-17-6-9-25(10-7-17)20(27)28-4-2/h5,8,15,17H,3-4,6-7,9-14H2,1-2H3,(H,22,26). The Morgan fingerprint density at radius 2 is 1.86 bits per heavy atom. The zero-order valence-electron chi connectivity index (χ0n) is 16.9. The lowest BCUT2D eigenvalue weighted by molar-refractivity contribution is 0.0860. The van der Waals surface area contributed by atoms with Crippen LogP contribution in [0.25, 0.3) is 0 Å². The smallest absolute Gasteiger partial charge is 0.409 e. The number of anilines is 1. The number of nitrogens with zero attached hydrogens (tertiary/aromatic N) is 4. The van der Waals surface area contributed by atoms with E-state index in [0.29, 0.717) is 25.3 Å². The van der Waals surface area contributed by atoms with Gasteiger partial charge in [-0.15, -0.1) is 0 Å². The van der Waals surface area contributed by atoms with E-state index < -0.39 is 0 Å². The molecule has 0 saturated carbocycles. The lowest BCUT2D eigenvalue weighted by Gasteiger charge is -2.35. The lowest BCUT2D eigenvalue weighted by atomic mass is 10.0. The van der Waals surface area contributed by atoms with Crippen molar-refractivity contribution in [1.82, 2.24) is 20.1 Å². The first-order valence-corrected chi connectivity index (χ1v) is 10.3. The molecule has 0 atom stereocenters. The van der Waals surface area contributed by atoms with Crippen molar-refractivity contribution in [1.29, 1.82) is 0 Å². The molecule has 0 spiro atoms. The van der Waals surface area contributed by atoms with E-state index in [1.54, 1.807) is 24.1 Å².